The molecule has 0 spiro atoms. The molecule has 0 radical (unpaired) electrons. The molecule has 1 heterocycles. The number of nitrogens with zero attached hydrogens (tertiary/aromatic N) is 2. The maximum atomic E-state index is 3.81. The van der Waals surface area contributed by atoms with Crippen molar-refractivity contribution in [2.75, 3.05) is 18.0 Å². The molecule has 2 aromatic rings. The first-order valence-corrected chi connectivity index (χ1v) is 12.8. The zero-order valence-corrected chi connectivity index (χ0v) is 25.2. The minimum absolute atomic E-state index is 0. The molecule has 0 bridgehead atoms. The number of hydrogen-bond acceptors (Lipinski definition) is 1. The van der Waals surface area contributed by atoms with Gasteiger partial charge in [-0.05, 0) is 110 Å². The summed E-state index contributed by atoms with van der Waals surface area (Å²) in [5, 5.41) is 0. The third-order valence-corrected chi connectivity index (χ3v) is 7.62. The van der Waals surface area contributed by atoms with Crippen LogP contribution in [0, 0.1) is 0 Å². The number of anilines is 1. The fraction of sp³-hybridized carbons (Fsp3) is 0.435. The van der Waals surface area contributed by atoms with Crippen molar-refractivity contribution in [1.82, 2.24) is 0 Å². The summed E-state index contributed by atoms with van der Waals surface area (Å²) in [4.78, 5) is 2.30. The van der Waals surface area contributed by atoms with Crippen molar-refractivity contribution < 1.29 is 17.0 Å². The zero-order chi connectivity index (χ0) is 21.7. The lowest BCUT2D eigenvalue weighted by Crippen LogP contribution is -3.00. The third-order valence-electron chi connectivity index (χ3n) is 5.20. The standard InChI is InChI=1S/C23H27Br4N2.ClH/c1-22(2,3)14-9-16(24)20(17(25)10-14)28-7-8-29(13-28)21-18(26)11-15(12-19(21)27)23(4,5)6;/h9-13H,7-8H2,1-6H3;1H/q+1;/p-1. The molecule has 0 aliphatic carbocycles. The molecule has 0 amide bonds. The van der Waals surface area contributed by atoms with Gasteiger partial charge < -0.3 is 12.4 Å². The van der Waals surface area contributed by atoms with Crippen LogP contribution in [0.3, 0.4) is 0 Å². The number of benzene rings is 2. The van der Waals surface area contributed by atoms with Crippen molar-refractivity contribution in [2.45, 2.75) is 52.4 Å². The molecule has 0 fully saturated rings. The maximum absolute atomic E-state index is 3.81. The summed E-state index contributed by atoms with van der Waals surface area (Å²) in [6, 6.07) is 8.95. The molecule has 0 saturated heterocycles. The zero-order valence-electron chi connectivity index (χ0n) is 18.1. The van der Waals surface area contributed by atoms with Crippen LogP contribution in [0.15, 0.2) is 42.2 Å². The van der Waals surface area contributed by atoms with Crippen LogP contribution in [0.25, 0.3) is 0 Å². The first-order valence-electron chi connectivity index (χ1n) is 9.66. The van der Waals surface area contributed by atoms with Crippen molar-refractivity contribution in [1.29, 1.82) is 0 Å². The molecule has 0 aromatic heterocycles. The minimum atomic E-state index is 0. The van der Waals surface area contributed by atoms with Crippen molar-refractivity contribution >= 4 is 81.4 Å². The van der Waals surface area contributed by atoms with E-state index in [0.717, 1.165) is 31.0 Å². The molecule has 1 aliphatic rings. The van der Waals surface area contributed by atoms with E-state index in [2.05, 4.69) is 145 Å². The molecule has 7 heteroatoms. The van der Waals surface area contributed by atoms with Gasteiger partial charge in [-0.25, -0.2) is 9.48 Å². The van der Waals surface area contributed by atoms with Gasteiger partial charge in [-0.3, -0.25) is 0 Å². The normalized spacial score (nSPS) is 14.6. The molecule has 0 atom stereocenters. The predicted molar refractivity (Wildman–Crippen MR) is 139 cm³/mol. The molecule has 164 valence electrons. The van der Waals surface area contributed by atoms with E-state index < -0.39 is 0 Å². The van der Waals surface area contributed by atoms with Gasteiger partial charge in [0.15, 0.2) is 11.4 Å². The molecule has 2 nitrogen and oxygen atoms in total. The fourth-order valence-electron chi connectivity index (χ4n) is 3.38. The average Bonchev–Trinajstić information content (AvgIpc) is 3.00. The van der Waals surface area contributed by atoms with Gasteiger partial charge in [-0.1, -0.05) is 41.5 Å². The fourth-order valence-corrected chi connectivity index (χ4v) is 6.67. The maximum Gasteiger partial charge on any atom is 0.244 e. The van der Waals surface area contributed by atoms with E-state index in [1.54, 1.807) is 0 Å². The smallest absolute Gasteiger partial charge is 0.244 e. The van der Waals surface area contributed by atoms with E-state index in [0.29, 0.717) is 0 Å². The summed E-state index contributed by atoms with van der Waals surface area (Å²) in [7, 11) is 0. The Labute approximate surface area is 220 Å². The Morgan fingerprint density at radius 2 is 1.13 bits per heavy atom. The van der Waals surface area contributed by atoms with Crippen LogP contribution in [-0.2, 0) is 10.8 Å². The van der Waals surface area contributed by atoms with Crippen LogP contribution in [0.5, 0.6) is 0 Å². The van der Waals surface area contributed by atoms with Crippen LogP contribution in [0.4, 0.5) is 11.4 Å². The lowest BCUT2D eigenvalue weighted by atomic mass is 9.87. The molecule has 0 saturated carbocycles. The lowest BCUT2D eigenvalue weighted by molar-refractivity contribution is -0.425. The summed E-state index contributed by atoms with van der Waals surface area (Å²) < 4.78 is 6.73. The van der Waals surface area contributed by atoms with Gasteiger partial charge in [0.05, 0.1) is 17.9 Å². The van der Waals surface area contributed by atoms with Crippen LogP contribution < -0.4 is 17.3 Å². The average molecular weight is 687 g/mol. The number of halogens is 5. The molecule has 30 heavy (non-hydrogen) atoms. The monoisotopic (exact) mass is 682 g/mol. The van der Waals surface area contributed by atoms with Gasteiger partial charge in [-0.15, -0.1) is 0 Å². The Balaban J connectivity index is 0.00000320. The van der Waals surface area contributed by atoms with Gasteiger partial charge in [0.1, 0.15) is 13.1 Å². The number of rotatable bonds is 2. The van der Waals surface area contributed by atoms with Gasteiger partial charge in [-0.2, -0.15) is 0 Å². The second-order valence-electron chi connectivity index (χ2n) is 9.58. The summed E-state index contributed by atoms with van der Waals surface area (Å²) in [6.07, 6.45) is 2.20. The van der Waals surface area contributed by atoms with Crippen LogP contribution in [0.1, 0.15) is 52.7 Å². The highest BCUT2D eigenvalue weighted by atomic mass is 79.9. The molecular weight excluding hydrogens is 659 g/mol. The summed E-state index contributed by atoms with van der Waals surface area (Å²) in [6.45, 7) is 15.3. The second kappa shape index (κ2) is 9.54. The molecule has 3 rings (SSSR count). The van der Waals surface area contributed by atoms with Crippen molar-refractivity contribution in [3.05, 3.63) is 53.3 Å². The van der Waals surface area contributed by atoms with Crippen LogP contribution >= 0.6 is 63.7 Å². The SMILES string of the molecule is CC(C)(C)c1cc(Br)c(N2C=[N+](c3c(Br)cc(C(C)(C)C)cc3Br)CC2)c(Br)c1.[Cl-]. The highest BCUT2D eigenvalue weighted by Crippen LogP contribution is 2.41. The first kappa shape index (κ1) is 26.4. The topological polar surface area (TPSA) is 6.25 Å². The highest BCUT2D eigenvalue weighted by Gasteiger charge is 2.30. The Hall–Kier alpha value is 0.120. The third kappa shape index (κ3) is 5.54. The van der Waals surface area contributed by atoms with Gasteiger partial charge in [0.2, 0.25) is 6.34 Å². The molecular formula is C23H27Br4ClN2. The molecule has 0 unspecified atom stereocenters. The van der Waals surface area contributed by atoms with Crippen molar-refractivity contribution in [3.8, 4) is 0 Å². The summed E-state index contributed by atoms with van der Waals surface area (Å²) >= 11 is 15.2. The van der Waals surface area contributed by atoms with Crippen LogP contribution in [-0.4, -0.2) is 24.0 Å². The predicted octanol–water partition coefficient (Wildman–Crippen LogP) is 5.53. The Kier molecular flexibility index (Phi) is 8.39. The summed E-state index contributed by atoms with van der Waals surface area (Å²) in [5.74, 6) is 0. The Bertz CT molecular complexity index is 942. The Morgan fingerprint density at radius 1 is 0.733 bits per heavy atom. The van der Waals surface area contributed by atoms with Crippen molar-refractivity contribution in [3.63, 3.8) is 0 Å². The highest BCUT2D eigenvalue weighted by molar-refractivity contribution is 9.11. The Morgan fingerprint density at radius 3 is 1.53 bits per heavy atom. The van der Waals surface area contributed by atoms with Crippen LogP contribution in [0.2, 0.25) is 0 Å². The van der Waals surface area contributed by atoms with E-state index >= 15 is 0 Å². The second-order valence-corrected chi connectivity index (χ2v) is 13.0. The first-order chi connectivity index (χ1) is 13.3. The van der Waals surface area contributed by atoms with E-state index in [4.69, 9.17) is 0 Å². The quantitative estimate of drug-likeness (QED) is 0.377. The minimum Gasteiger partial charge on any atom is -1.00 e. The van der Waals surface area contributed by atoms with Crippen molar-refractivity contribution in [2.24, 2.45) is 0 Å². The molecule has 0 N–H and O–H groups in total. The molecule has 1 aliphatic heterocycles. The largest absolute Gasteiger partial charge is 1.00 e. The van der Waals surface area contributed by atoms with Gasteiger partial charge >= 0.3 is 0 Å². The van der Waals surface area contributed by atoms with E-state index in [9.17, 15) is 0 Å². The lowest BCUT2D eigenvalue weighted by Gasteiger charge is -2.21. The van der Waals surface area contributed by atoms with E-state index in [1.807, 2.05) is 0 Å². The summed E-state index contributed by atoms with van der Waals surface area (Å²) in [5.41, 5.74) is 5.15. The van der Waals surface area contributed by atoms with Gasteiger partial charge in [0.25, 0.3) is 0 Å². The molecule has 2 aromatic carbocycles. The van der Waals surface area contributed by atoms with E-state index in [1.165, 1.54) is 22.5 Å². The van der Waals surface area contributed by atoms with E-state index in [-0.39, 0.29) is 23.2 Å². The van der Waals surface area contributed by atoms with Gasteiger partial charge in [0, 0.05) is 0 Å². The number of hydrogen-bond donors (Lipinski definition) is 0.